The third-order valence-electron chi connectivity index (χ3n) is 3.90. The summed E-state index contributed by atoms with van der Waals surface area (Å²) >= 11 is 0. The monoisotopic (exact) mass is 327 g/mol. The van der Waals surface area contributed by atoms with Gasteiger partial charge in [-0.15, -0.1) is 0 Å². The van der Waals surface area contributed by atoms with E-state index in [1.165, 1.54) is 27.4 Å². The lowest BCUT2D eigenvalue weighted by Gasteiger charge is -2.18. The first-order valence-corrected chi connectivity index (χ1v) is 7.24. The largest absolute Gasteiger partial charge is 0.492 e. The van der Waals surface area contributed by atoms with Gasteiger partial charge in [-0.25, -0.2) is 4.79 Å². The lowest BCUT2D eigenvalue weighted by molar-refractivity contribution is 0.0692. The van der Waals surface area contributed by atoms with Gasteiger partial charge in [-0.2, -0.15) is 0 Å². The topological polar surface area (TPSA) is 80.8 Å². The van der Waals surface area contributed by atoms with Crippen LogP contribution in [-0.2, 0) is 0 Å². The molecule has 2 aromatic carbocycles. The van der Waals surface area contributed by atoms with E-state index >= 15 is 0 Å². The summed E-state index contributed by atoms with van der Waals surface area (Å²) in [7, 11) is 4.36. The Labute approximate surface area is 138 Å². The molecule has 1 heterocycles. The molecule has 0 amide bonds. The van der Waals surface area contributed by atoms with Gasteiger partial charge in [-0.05, 0) is 35.2 Å². The van der Waals surface area contributed by atoms with Crippen molar-refractivity contribution in [3.63, 3.8) is 0 Å². The van der Waals surface area contributed by atoms with Crippen LogP contribution in [-0.4, -0.2) is 37.4 Å². The van der Waals surface area contributed by atoms with Crippen molar-refractivity contribution in [2.24, 2.45) is 0 Å². The third-order valence-corrected chi connectivity index (χ3v) is 3.90. The predicted molar refractivity (Wildman–Crippen MR) is 90.4 cm³/mol. The second kappa shape index (κ2) is 6.16. The number of methoxy groups -OCH3 is 3. The highest BCUT2D eigenvalue weighted by Crippen LogP contribution is 2.47. The Morgan fingerprint density at radius 1 is 0.958 bits per heavy atom. The summed E-state index contributed by atoms with van der Waals surface area (Å²) in [4.78, 5) is 14.7. The average molecular weight is 327 g/mol. The van der Waals surface area contributed by atoms with E-state index in [-0.39, 0.29) is 17.1 Å². The maximum atomic E-state index is 11.6. The van der Waals surface area contributed by atoms with Gasteiger partial charge < -0.3 is 24.3 Å². The van der Waals surface area contributed by atoms with Crippen LogP contribution < -0.4 is 14.2 Å². The van der Waals surface area contributed by atoms with Crippen molar-refractivity contribution >= 4 is 16.9 Å². The first kappa shape index (κ1) is 15.7. The molecule has 0 aliphatic carbocycles. The van der Waals surface area contributed by atoms with E-state index in [1.807, 2.05) is 30.5 Å². The number of hydrogen-bond donors (Lipinski definition) is 2. The number of ether oxygens (including phenoxy) is 3. The molecule has 3 aromatic rings. The van der Waals surface area contributed by atoms with E-state index in [0.29, 0.717) is 11.3 Å². The lowest BCUT2D eigenvalue weighted by atomic mass is 9.99. The van der Waals surface area contributed by atoms with Crippen molar-refractivity contribution in [1.29, 1.82) is 0 Å². The van der Waals surface area contributed by atoms with Crippen LogP contribution in [0.2, 0.25) is 0 Å². The molecule has 0 fully saturated rings. The number of benzene rings is 2. The normalized spacial score (nSPS) is 10.6. The van der Waals surface area contributed by atoms with Crippen molar-refractivity contribution in [2.45, 2.75) is 0 Å². The quantitative estimate of drug-likeness (QED) is 0.749. The van der Waals surface area contributed by atoms with Crippen molar-refractivity contribution in [1.82, 2.24) is 4.98 Å². The number of fused-ring (bicyclic) bond motifs is 1. The molecular weight excluding hydrogens is 310 g/mol. The van der Waals surface area contributed by atoms with E-state index in [2.05, 4.69) is 4.98 Å². The fourth-order valence-electron chi connectivity index (χ4n) is 2.81. The minimum absolute atomic E-state index is 0.0133. The smallest absolute Gasteiger partial charge is 0.339 e. The van der Waals surface area contributed by atoms with Gasteiger partial charge in [0.15, 0.2) is 11.5 Å². The highest BCUT2D eigenvalue weighted by molar-refractivity contribution is 5.97. The number of H-pyrrole nitrogens is 1. The van der Waals surface area contributed by atoms with E-state index < -0.39 is 5.97 Å². The number of carboxylic acids is 1. The van der Waals surface area contributed by atoms with Crippen LogP contribution in [0.15, 0.2) is 36.5 Å². The second-order valence-corrected chi connectivity index (χ2v) is 5.16. The summed E-state index contributed by atoms with van der Waals surface area (Å²) in [6, 6.07) is 9.28. The summed E-state index contributed by atoms with van der Waals surface area (Å²) in [6.45, 7) is 0. The molecule has 0 aliphatic heterocycles. The van der Waals surface area contributed by atoms with Gasteiger partial charge in [0.05, 0.1) is 21.3 Å². The highest BCUT2D eigenvalue weighted by atomic mass is 16.5. The zero-order valence-electron chi connectivity index (χ0n) is 13.5. The number of aromatic nitrogens is 1. The summed E-state index contributed by atoms with van der Waals surface area (Å²) in [5.74, 6) is -0.289. The number of hydrogen-bond acceptors (Lipinski definition) is 4. The van der Waals surface area contributed by atoms with Gasteiger partial charge in [0.2, 0.25) is 5.75 Å². The maximum Gasteiger partial charge on any atom is 0.339 e. The molecule has 6 heteroatoms. The molecule has 0 unspecified atom stereocenters. The number of carbonyl (C=O) groups is 1. The Kier molecular flexibility index (Phi) is 4.04. The zero-order chi connectivity index (χ0) is 17.3. The van der Waals surface area contributed by atoms with Gasteiger partial charge in [0.1, 0.15) is 5.56 Å². The maximum absolute atomic E-state index is 11.6. The van der Waals surface area contributed by atoms with E-state index in [9.17, 15) is 9.90 Å². The van der Waals surface area contributed by atoms with Gasteiger partial charge in [0, 0.05) is 17.3 Å². The third kappa shape index (κ3) is 2.42. The molecule has 24 heavy (non-hydrogen) atoms. The molecule has 1 aromatic heterocycles. The van der Waals surface area contributed by atoms with Crippen LogP contribution in [0.4, 0.5) is 0 Å². The van der Waals surface area contributed by atoms with Crippen molar-refractivity contribution in [3.05, 3.63) is 42.1 Å². The molecule has 0 saturated carbocycles. The van der Waals surface area contributed by atoms with Gasteiger partial charge in [0.25, 0.3) is 0 Å². The summed E-state index contributed by atoms with van der Waals surface area (Å²) < 4.78 is 16.1. The minimum atomic E-state index is -1.10. The van der Waals surface area contributed by atoms with Gasteiger partial charge in [-0.3, -0.25) is 0 Å². The van der Waals surface area contributed by atoms with E-state index in [0.717, 1.165) is 16.5 Å². The first-order chi connectivity index (χ1) is 11.6. The zero-order valence-corrected chi connectivity index (χ0v) is 13.5. The van der Waals surface area contributed by atoms with Crippen LogP contribution in [0.5, 0.6) is 17.2 Å². The molecule has 2 N–H and O–H groups in total. The molecule has 0 atom stereocenters. The van der Waals surface area contributed by atoms with Crippen LogP contribution >= 0.6 is 0 Å². The van der Waals surface area contributed by atoms with Crippen LogP contribution in [0.1, 0.15) is 10.4 Å². The van der Waals surface area contributed by atoms with Crippen LogP contribution in [0.3, 0.4) is 0 Å². The Bertz CT molecular complexity index is 913. The van der Waals surface area contributed by atoms with E-state index in [1.54, 1.807) is 0 Å². The number of nitrogens with one attached hydrogen (secondary N) is 1. The predicted octanol–water partition coefficient (Wildman–Crippen LogP) is 3.56. The number of aromatic amines is 1. The van der Waals surface area contributed by atoms with Gasteiger partial charge >= 0.3 is 5.97 Å². The molecular formula is C18H17NO5. The molecule has 6 nitrogen and oxygen atoms in total. The standard InChI is InChI=1S/C18H17NO5/c1-22-15-12(10-4-5-14-11(8-10)6-7-19-14)9-13(18(20)21)16(23-2)17(15)24-3/h4-9,19H,1-3H3,(H,20,21). The summed E-state index contributed by atoms with van der Waals surface area (Å²) in [5.41, 5.74) is 2.45. The Morgan fingerprint density at radius 3 is 2.29 bits per heavy atom. The van der Waals surface area contributed by atoms with Crippen molar-refractivity contribution in [2.75, 3.05) is 21.3 Å². The van der Waals surface area contributed by atoms with Gasteiger partial charge in [-0.1, -0.05) is 6.07 Å². The van der Waals surface area contributed by atoms with E-state index in [4.69, 9.17) is 14.2 Å². The van der Waals surface area contributed by atoms with Crippen LogP contribution in [0.25, 0.3) is 22.0 Å². The molecule has 0 saturated heterocycles. The first-order valence-electron chi connectivity index (χ1n) is 7.24. The van der Waals surface area contributed by atoms with Crippen molar-refractivity contribution < 1.29 is 24.1 Å². The van der Waals surface area contributed by atoms with Crippen molar-refractivity contribution in [3.8, 4) is 28.4 Å². The second-order valence-electron chi connectivity index (χ2n) is 5.16. The molecule has 0 radical (unpaired) electrons. The fourth-order valence-corrected chi connectivity index (χ4v) is 2.81. The number of carboxylic acid groups (broad SMARTS) is 1. The Balaban J connectivity index is 2.32. The Morgan fingerprint density at radius 2 is 1.67 bits per heavy atom. The lowest BCUT2D eigenvalue weighted by Crippen LogP contribution is -2.05. The molecule has 124 valence electrons. The SMILES string of the molecule is COc1c(C(=O)O)cc(-c2ccc3[nH]ccc3c2)c(OC)c1OC. The Hall–Kier alpha value is -3.15. The molecule has 0 spiro atoms. The van der Waals surface area contributed by atoms with Crippen LogP contribution in [0, 0.1) is 0 Å². The fraction of sp³-hybridized carbons (Fsp3) is 0.167. The molecule has 0 aliphatic rings. The molecule has 3 rings (SSSR count). The summed E-state index contributed by atoms with van der Waals surface area (Å²) in [6.07, 6.45) is 1.85. The summed E-state index contributed by atoms with van der Waals surface area (Å²) in [5, 5.41) is 10.5. The highest BCUT2D eigenvalue weighted by Gasteiger charge is 2.25. The number of rotatable bonds is 5. The molecule has 0 bridgehead atoms. The number of aromatic carboxylic acids is 1. The average Bonchev–Trinajstić information content (AvgIpc) is 3.06. The minimum Gasteiger partial charge on any atom is -0.492 e.